The first kappa shape index (κ1) is 16.0. The predicted molar refractivity (Wildman–Crippen MR) is 79.2 cm³/mol. The molecule has 22 heavy (non-hydrogen) atoms. The predicted octanol–water partition coefficient (Wildman–Crippen LogP) is 1.87. The summed E-state index contributed by atoms with van der Waals surface area (Å²) in [4.78, 5) is 25.0. The van der Waals surface area contributed by atoms with Crippen LogP contribution in [0, 0.1) is 31.1 Å². The van der Waals surface area contributed by atoms with Gasteiger partial charge in [0.2, 0.25) is 0 Å². The van der Waals surface area contributed by atoms with Crippen molar-refractivity contribution in [3.8, 4) is 6.07 Å². The summed E-state index contributed by atoms with van der Waals surface area (Å²) in [5.41, 5.74) is 1.47. The van der Waals surface area contributed by atoms with Crippen molar-refractivity contribution in [1.29, 1.82) is 5.26 Å². The van der Waals surface area contributed by atoms with Crippen molar-refractivity contribution < 1.29 is 19.8 Å². The van der Waals surface area contributed by atoms with E-state index in [9.17, 15) is 25.1 Å². The number of carboxylic acid groups (broad SMARTS) is 2. The number of carboxylic acids is 2. The second kappa shape index (κ2) is 5.78. The minimum atomic E-state index is -1.15. The smallest absolute Gasteiger partial charge is 0.336 e. The molecule has 0 radical (unpaired) electrons. The molecule has 1 aliphatic rings. The lowest BCUT2D eigenvalue weighted by atomic mass is 9.81. The molecule has 2 unspecified atom stereocenters. The summed E-state index contributed by atoms with van der Waals surface area (Å²) >= 11 is 0. The Hall–Kier alpha value is -2.39. The number of likely N-dealkylation sites (tertiary alicyclic amines) is 1. The number of aryl methyl sites for hydroxylation is 1. The van der Waals surface area contributed by atoms with E-state index in [2.05, 4.69) is 6.07 Å². The molecule has 0 amide bonds. The number of likely N-dealkylation sites (N-methyl/N-ethyl adjacent to an activating group) is 1. The van der Waals surface area contributed by atoms with E-state index < -0.39 is 11.9 Å². The molecule has 6 heteroatoms. The Morgan fingerprint density at radius 2 is 1.91 bits per heavy atom. The van der Waals surface area contributed by atoms with Crippen LogP contribution < -0.4 is 0 Å². The van der Waals surface area contributed by atoms with Gasteiger partial charge in [0.1, 0.15) is 0 Å². The molecule has 2 N–H and O–H groups in total. The monoisotopic (exact) mass is 302 g/mol. The highest BCUT2D eigenvalue weighted by Crippen LogP contribution is 2.37. The van der Waals surface area contributed by atoms with Gasteiger partial charge in [-0.25, -0.2) is 9.59 Å². The maximum Gasteiger partial charge on any atom is 0.336 e. The highest BCUT2D eigenvalue weighted by Gasteiger charge is 2.36. The third-order valence-corrected chi connectivity index (χ3v) is 4.32. The fourth-order valence-electron chi connectivity index (χ4n) is 3.34. The summed E-state index contributed by atoms with van der Waals surface area (Å²) in [6.45, 7) is 4.39. The summed E-state index contributed by atoms with van der Waals surface area (Å²) in [5.74, 6) is -2.81. The van der Waals surface area contributed by atoms with Crippen molar-refractivity contribution in [2.75, 3.05) is 20.1 Å². The fraction of sp³-hybridized carbons (Fsp3) is 0.438. The molecule has 1 aromatic carbocycles. The maximum absolute atomic E-state index is 11.7. The fourth-order valence-corrected chi connectivity index (χ4v) is 3.34. The molecule has 1 fully saturated rings. The first-order chi connectivity index (χ1) is 10.3. The number of rotatable bonds is 3. The van der Waals surface area contributed by atoms with Crippen molar-refractivity contribution >= 4 is 11.9 Å². The molecule has 0 aromatic heterocycles. The molecule has 1 heterocycles. The molecule has 0 aliphatic carbocycles. The third kappa shape index (κ3) is 2.55. The Morgan fingerprint density at radius 3 is 2.41 bits per heavy atom. The van der Waals surface area contributed by atoms with Crippen LogP contribution in [0.3, 0.4) is 0 Å². The Kier molecular flexibility index (Phi) is 4.20. The van der Waals surface area contributed by atoms with E-state index in [1.807, 2.05) is 11.9 Å². The van der Waals surface area contributed by atoms with Crippen molar-refractivity contribution in [1.82, 2.24) is 4.90 Å². The van der Waals surface area contributed by atoms with Gasteiger partial charge in [-0.2, -0.15) is 5.26 Å². The standard InChI is InChI=1S/C16H18N2O4/c1-8-4-11(15(19)20)9(2)14(16(21)22)13(8)12-7-18(3)6-10(12)5-17/h4,10,12H,6-7H2,1-3H3,(H,19,20)(H,21,22). The SMILES string of the molecule is Cc1cc(C(=O)O)c(C)c(C(=O)O)c1C1CN(C)CC1C#N. The summed E-state index contributed by atoms with van der Waals surface area (Å²) < 4.78 is 0. The second-order valence-electron chi connectivity index (χ2n) is 5.83. The molecule has 0 spiro atoms. The van der Waals surface area contributed by atoms with Gasteiger partial charge in [-0.05, 0) is 43.7 Å². The lowest BCUT2D eigenvalue weighted by Gasteiger charge is -2.21. The van der Waals surface area contributed by atoms with Crippen LogP contribution in [0.15, 0.2) is 6.07 Å². The van der Waals surface area contributed by atoms with Crippen LogP contribution in [-0.4, -0.2) is 47.2 Å². The minimum absolute atomic E-state index is 0.00138. The summed E-state index contributed by atoms with van der Waals surface area (Å²) in [5, 5.41) is 28.1. The number of nitrogens with zero attached hydrogens (tertiary/aromatic N) is 2. The minimum Gasteiger partial charge on any atom is -0.478 e. The topological polar surface area (TPSA) is 102 Å². The van der Waals surface area contributed by atoms with E-state index in [1.54, 1.807) is 6.92 Å². The molecule has 0 bridgehead atoms. The van der Waals surface area contributed by atoms with Crippen LogP contribution in [-0.2, 0) is 0 Å². The molecular weight excluding hydrogens is 284 g/mol. The van der Waals surface area contributed by atoms with E-state index in [1.165, 1.54) is 13.0 Å². The van der Waals surface area contributed by atoms with Crippen LogP contribution in [0.5, 0.6) is 0 Å². The van der Waals surface area contributed by atoms with Crippen molar-refractivity contribution in [3.63, 3.8) is 0 Å². The van der Waals surface area contributed by atoms with Gasteiger partial charge in [0.25, 0.3) is 0 Å². The molecule has 6 nitrogen and oxygen atoms in total. The number of aromatic carboxylic acids is 2. The zero-order chi connectivity index (χ0) is 16.6. The average Bonchev–Trinajstić information content (AvgIpc) is 2.80. The normalized spacial score (nSPS) is 21.5. The second-order valence-corrected chi connectivity index (χ2v) is 5.83. The van der Waals surface area contributed by atoms with Gasteiger partial charge >= 0.3 is 11.9 Å². The van der Waals surface area contributed by atoms with Gasteiger partial charge in [-0.1, -0.05) is 0 Å². The van der Waals surface area contributed by atoms with Crippen LogP contribution in [0.1, 0.15) is 43.3 Å². The average molecular weight is 302 g/mol. The van der Waals surface area contributed by atoms with Crippen LogP contribution >= 0.6 is 0 Å². The van der Waals surface area contributed by atoms with Gasteiger partial charge in [-0.3, -0.25) is 0 Å². The molecule has 0 saturated carbocycles. The van der Waals surface area contributed by atoms with Gasteiger partial charge < -0.3 is 15.1 Å². The Labute approximate surface area is 128 Å². The van der Waals surface area contributed by atoms with Gasteiger partial charge in [0.15, 0.2) is 0 Å². The lowest BCUT2D eigenvalue weighted by molar-refractivity contribution is 0.0694. The van der Waals surface area contributed by atoms with Crippen LogP contribution in [0.4, 0.5) is 0 Å². The summed E-state index contributed by atoms with van der Waals surface area (Å²) in [7, 11) is 1.89. The number of hydrogen-bond acceptors (Lipinski definition) is 4. The molecule has 2 atom stereocenters. The van der Waals surface area contributed by atoms with Crippen molar-refractivity contribution in [2.45, 2.75) is 19.8 Å². The van der Waals surface area contributed by atoms with E-state index in [0.717, 1.165) is 0 Å². The van der Waals surface area contributed by atoms with Gasteiger partial charge in [-0.15, -0.1) is 0 Å². The van der Waals surface area contributed by atoms with Gasteiger partial charge in [0.05, 0.1) is 23.1 Å². The highest BCUT2D eigenvalue weighted by molar-refractivity contribution is 5.98. The summed E-state index contributed by atoms with van der Waals surface area (Å²) in [6.07, 6.45) is 0. The third-order valence-electron chi connectivity index (χ3n) is 4.32. The maximum atomic E-state index is 11.7. The van der Waals surface area contributed by atoms with E-state index in [-0.39, 0.29) is 28.5 Å². The number of nitriles is 1. The Bertz CT molecular complexity index is 690. The van der Waals surface area contributed by atoms with Crippen molar-refractivity contribution in [3.05, 3.63) is 33.9 Å². The summed E-state index contributed by atoms with van der Waals surface area (Å²) in [6, 6.07) is 3.75. The molecule has 116 valence electrons. The molecule has 1 aromatic rings. The Morgan fingerprint density at radius 1 is 1.27 bits per heavy atom. The molecule has 2 rings (SSSR count). The van der Waals surface area contributed by atoms with Crippen LogP contribution in [0.25, 0.3) is 0 Å². The molecular formula is C16H18N2O4. The zero-order valence-corrected chi connectivity index (χ0v) is 12.8. The highest BCUT2D eigenvalue weighted by atomic mass is 16.4. The number of carbonyl (C=O) groups is 2. The number of hydrogen-bond donors (Lipinski definition) is 2. The largest absolute Gasteiger partial charge is 0.478 e. The van der Waals surface area contributed by atoms with Crippen LogP contribution in [0.2, 0.25) is 0 Å². The molecule has 1 saturated heterocycles. The van der Waals surface area contributed by atoms with Gasteiger partial charge in [0, 0.05) is 19.0 Å². The first-order valence-corrected chi connectivity index (χ1v) is 6.96. The van der Waals surface area contributed by atoms with E-state index in [4.69, 9.17) is 0 Å². The number of benzene rings is 1. The Balaban J connectivity index is 2.71. The van der Waals surface area contributed by atoms with Crippen molar-refractivity contribution in [2.24, 2.45) is 5.92 Å². The quantitative estimate of drug-likeness (QED) is 0.883. The molecule has 1 aliphatic heterocycles. The van der Waals surface area contributed by atoms with E-state index >= 15 is 0 Å². The zero-order valence-electron chi connectivity index (χ0n) is 12.8. The van der Waals surface area contributed by atoms with E-state index in [0.29, 0.717) is 24.2 Å². The first-order valence-electron chi connectivity index (χ1n) is 6.96. The lowest BCUT2D eigenvalue weighted by Crippen LogP contribution is -2.19.